The summed E-state index contributed by atoms with van der Waals surface area (Å²) in [5, 5.41) is 3.75. The van der Waals surface area contributed by atoms with E-state index in [1.165, 1.54) is 3.97 Å². The van der Waals surface area contributed by atoms with Gasteiger partial charge in [-0.1, -0.05) is 48.0 Å². The number of aromatic nitrogens is 1. The molecule has 1 amide bonds. The Morgan fingerprint density at radius 2 is 1.67 bits per heavy atom. The third kappa shape index (κ3) is 4.00. The number of hydrogen-bond donors (Lipinski definition) is 1. The monoisotopic (exact) mass is 418 g/mol. The SMILES string of the molecule is Cc1ccc(S(=O)(=O)n2ccc3ccc(CCNC(=O)c4ccccc4)cc32)cc1. The first kappa shape index (κ1) is 19.9. The normalized spacial score (nSPS) is 11.5. The summed E-state index contributed by atoms with van der Waals surface area (Å²) >= 11 is 0. The van der Waals surface area contributed by atoms with Gasteiger partial charge < -0.3 is 5.32 Å². The van der Waals surface area contributed by atoms with Gasteiger partial charge in [-0.2, -0.15) is 0 Å². The molecule has 6 heteroatoms. The van der Waals surface area contributed by atoms with Crippen LogP contribution in [0.15, 0.2) is 90.0 Å². The highest BCUT2D eigenvalue weighted by atomic mass is 32.2. The van der Waals surface area contributed by atoms with Crippen LogP contribution in [0.4, 0.5) is 0 Å². The number of nitrogens with zero attached hydrogens (tertiary/aromatic N) is 1. The first-order chi connectivity index (χ1) is 14.4. The van der Waals surface area contributed by atoms with Crippen molar-refractivity contribution in [3.63, 3.8) is 0 Å². The van der Waals surface area contributed by atoms with E-state index < -0.39 is 10.0 Å². The zero-order valence-corrected chi connectivity index (χ0v) is 17.4. The van der Waals surface area contributed by atoms with Gasteiger partial charge in [0.25, 0.3) is 15.9 Å². The molecule has 0 spiro atoms. The average molecular weight is 419 g/mol. The molecular formula is C24H22N2O3S. The molecule has 0 radical (unpaired) electrons. The van der Waals surface area contributed by atoms with Gasteiger partial charge in [-0.15, -0.1) is 0 Å². The highest BCUT2D eigenvalue weighted by Gasteiger charge is 2.18. The summed E-state index contributed by atoms with van der Waals surface area (Å²) in [6.07, 6.45) is 2.19. The highest BCUT2D eigenvalue weighted by molar-refractivity contribution is 7.90. The van der Waals surface area contributed by atoms with Gasteiger partial charge in [-0.25, -0.2) is 12.4 Å². The molecule has 0 saturated carbocycles. The molecule has 0 aliphatic carbocycles. The van der Waals surface area contributed by atoms with Crippen LogP contribution in [0.1, 0.15) is 21.5 Å². The maximum absolute atomic E-state index is 13.1. The zero-order valence-electron chi connectivity index (χ0n) is 16.6. The summed E-state index contributed by atoms with van der Waals surface area (Å²) in [5.74, 6) is -0.123. The van der Waals surface area contributed by atoms with E-state index in [9.17, 15) is 13.2 Å². The maximum atomic E-state index is 13.1. The second-order valence-corrected chi connectivity index (χ2v) is 9.01. The molecule has 0 fully saturated rings. The Morgan fingerprint density at radius 3 is 2.40 bits per heavy atom. The third-order valence-electron chi connectivity index (χ3n) is 5.03. The molecule has 152 valence electrons. The van der Waals surface area contributed by atoms with Crippen molar-refractivity contribution in [2.45, 2.75) is 18.2 Å². The van der Waals surface area contributed by atoms with E-state index in [1.54, 1.807) is 48.7 Å². The van der Waals surface area contributed by atoms with Gasteiger partial charge in [0.1, 0.15) is 0 Å². The second kappa shape index (κ2) is 8.16. The fourth-order valence-corrected chi connectivity index (χ4v) is 4.70. The van der Waals surface area contributed by atoms with Crippen molar-refractivity contribution in [1.82, 2.24) is 9.29 Å². The number of amides is 1. The number of rotatable bonds is 6. The lowest BCUT2D eigenvalue weighted by atomic mass is 10.1. The molecule has 1 N–H and O–H groups in total. The minimum absolute atomic E-state index is 0.123. The topological polar surface area (TPSA) is 68.2 Å². The molecule has 0 atom stereocenters. The Bertz CT molecular complexity index is 1290. The van der Waals surface area contributed by atoms with Crippen molar-refractivity contribution in [3.05, 3.63) is 102 Å². The van der Waals surface area contributed by atoms with Crippen molar-refractivity contribution < 1.29 is 13.2 Å². The predicted molar refractivity (Wildman–Crippen MR) is 118 cm³/mol. The van der Waals surface area contributed by atoms with E-state index in [0.717, 1.165) is 16.5 Å². The van der Waals surface area contributed by atoms with Crippen molar-refractivity contribution >= 4 is 26.8 Å². The van der Waals surface area contributed by atoms with Gasteiger partial charge in [0.05, 0.1) is 10.4 Å². The Labute approximate surface area is 176 Å². The van der Waals surface area contributed by atoms with Crippen molar-refractivity contribution in [2.24, 2.45) is 0 Å². The maximum Gasteiger partial charge on any atom is 0.268 e. The number of fused-ring (bicyclic) bond motifs is 1. The Morgan fingerprint density at radius 1 is 0.933 bits per heavy atom. The summed E-state index contributed by atoms with van der Waals surface area (Å²) in [7, 11) is -3.68. The van der Waals surface area contributed by atoms with Crippen LogP contribution in [0.3, 0.4) is 0 Å². The number of carbonyl (C=O) groups excluding carboxylic acids is 1. The fourth-order valence-electron chi connectivity index (χ4n) is 3.35. The quantitative estimate of drug-likeness (QED) is 0.511. The molecule has 4 rings (SSSR count). The van der Waals surface area contributed by atoms with Crippen molar-refractivity contribution in [3.8, 4) is 0 Å². The molecule has 3 aromatic carbocycles. The minimum atomic E-state index is -3.68. The fraction of sp³-hybridized carbons (Fsp3) is 0.125. The molecule has 0 unspecified atom stereocenters. The summed E-state index contributed by atoms with van der Waals surface area (Å²) in [4.78, 5) is 12.4. The third-order valence-corrected chi connectivity index (χ3v) is 6.74. The number of hydrogen-bond acceptors (Lipinski definition) is 3. The lowest BCUT2D eigenvalue weighted by Crippen LogP contribution is -2.25. The van der Waals surface area contributed by atoms with E-state index in [4.69, 9.17) is 0 Å². The molecule has 4 aromatic rings. The molecule has 0 aliphatic heterocycles. The Hall–Kier alpha value is -3.38. The highest BCUT2D eigenvalue weighted by Crippen LogP contribution is 2.23. The molecule has 0 aliphatic rings. The largest absolute Gasteiger partial charge is 0.352 e. The molecule has 30 heavy (non-hydrogen) atoms. The van der Waals surface area contributed by atoms with Crippen LogP contribution in [0.2, 0.25) is 0 Å². The second-order valence-electron chi connectivity index (χ2n) is 7.19. The Balaban J connectivity index is 1.54. The van der Waals surface area contributed by atoms with Gasteiger partial charge in [0, 0.05) is 23.7 Å². The number of carbonyl (C=O) groups is 1. The van der Waals surface area contributed by atoms with Crippen LogP contribution >= 0.6 is 0 Å². The first-order valence-electron chi connectivity index (χ1n) is 9.71. The molecule has 1 heterocycles. The van der Waals surface area contributed by atoms with E-state index in [-0.39, 0.29) is 10.8 Å². The molecule has 0 saturated heterocycles. The summed E-state index contributed by atoms with van der Waals surface area (Å²) in [5.41, 5.74) is 3.20. The Kier molecular flexibility index (Phi) is 5.42. The van der Waals surface area contributed by atoms with Gasteiger partial charge in [-0.05, 0) is 55.3 Å². The smallest absolute Gasteiger partial charge is 0.268 e. The van der Waals surface area contributed by atoms with E-state index >= 15 is 0 Å². The van der Waals surface area contributed by atoms with Crippen LogP contribution in [0, 0.1) is 6.92 Å². The van der Waals surface area contributed by atoms with Gasteiger partial charge >= 0.3 is 0 Å². The van der Waals surface area contributed by atoms with Crippen LogP contribution < -0.4 is 5.32 Å². The lowest BCUT2D eigenvalue weighted by molar-refractivity contribution is 0.0954. The molecular weight excluding hydrogens is 396 g/mol. The van der Waals surface area contributed by atoms with E-state index in [0.29, 0.717) is 24.0 Å². The molecule has 5 nitrogen and oxygen atoms in total. The van der Waals surface area contributed by atoms with Crippen LogP contribution in [0.5, 0.6) is 0 Å². The lowest BCUT2D eigenvalue weighted by Gasteiger charge is -2.10. The predicted octanol–water partition coefficient (Wildman–Crippen LogP) is 4.16. The summed E-state index contributed by atoms with van der Waals surface area (Å²) < 4.78 is 27.5. The average Bonchev–Trinajstić information content (AvgIpc) is 3.19. The number of benzene rings is 3. The number of aryl methyl sites for hydroxylation is 1. The van der Waals surface area contributed by atoms with Crippen LogP contribution in [-0.4, -0.2) is 24.8 Å². The van der Waals surface area contributed by atoms with Crippen LogP contribution in [0.25, 0.3) is 10.9 Å². The minimum Gasteiger partial charge on any atom is -0.352 e. The van der Waals surface area contributed by atoms with Gasteiger partial charge in [0.15, 0.2) is 0 Å². The molecule has 1 aromatic heterocycles. The molecule has 0 bridgehead atoms. The van der Waals surface area contributed by atoms with E-state index in [2.05, 4.69) is 5.32 Å². The first-order valence-corrected chi connectivity index (χ1v) is 11.1. The van der Waals surface area contributed by atoms with Gasteiger partial charge in [-0.3, -0.25) is 4.79 Å². The van der Waals surface area contributed by atoms with Crippen LogP contribution in [-0.2, 0) is 16.4 Å². The van der Waals surface area contributed by atoms with Crippen molar-refractivity contribution in [1.29, 1.82) is 0 Å². The zero-order chi connectivity index (χ0) is 21.1. The number of nitrogens with one attached hydrogen (secondary N) is 1. The standard InChI is InChI=1S/C24H22N2O3S/c1-18-7-11-22(12-8-18)30(28,29)26-16-14-20-10-9-19(17-23(20)26)13-15-25-24(27)21-5-3-2-4-6-21/h2-12,14,16-17H,13,15H2,1H3,(H,25,27). The summed E-state index contributed by atoms with van der Waals surface area (Å²) in [6.45, 7) is 2.38. The summed E-state index contributed by atoms with van der Waals surface area (Å²) in [6, 6.07) is 23.4. The van der Waals surface area contributed by atoms with E-state index in [1.807, 2.05) is 43.3 Å². The van der Waals surface area contributed by atoms with Gasteiger partial charge in [0.2, 0.25) is 0 Å². The van der Waals surface area contributed by atoms with Crippen molar-refractivity contribution in [2.75, 3.05) is 6.54 Å².